The Kier molecular flexibility index (Phi) is 5.69. The van der Waals surface area contributed by atoms with E-state index in [1.54, 1.807) is 30.3 Å². The molecule has 8 heteroatoms. The van der Waals surface area contributed by atoms with Crippen LogP contribution in [0, 0.1) is 5.92 Å². The number of carbonyl (C=O) groups excluding carboxylic acids is 1. The molecular formula is C16H19F3N2O3. The third-order valence-electron chi connectivity index (χ3n) is 4.08. The molecule has 2 unspecified atom stereocenters. The number of benzene rings is 1. The molecule has 2 amide bonds. The second-order valence-corrected chi connectivity index (χ2v) is 5.84. The van der Waals surface area contributed by atoms with E-state index in [1.807, 2.05) is 5.32 Å². The fourth-order valence-corrected chi connectivity index (χ4v) is 2.66. The van der Waals surface area contributed by atoms with Crippen LogP contribution < -0.4 is 5.32 Å². The van der Waals surface area contributed by atoms with Gasteiger partial charge in [0.05, 0.1) is 5.92 Å². The SMILES string of the molecule is O=C(O)C1CCN(C(=O)NC(CCc2ccccc2)C(F)(F)F)C1. The lowest BCUT2D eigenvalue weighted by Crippen LogP contribution is -2.50. The number of likely N-dealkylation sites (tertiary alicyclic amines) is 1. The molecule has 1 aliphatic rings. The first-order valence-electron chi connectivity index (χ1n) is 7.66. The summed E-state index contributed by atoms with van der Waals surface area (Å²) in [6.45, 7) is 0.0799. The van der Waals surface area contributed by atoms with Crippen molar-refractivity contribution in [1.29, 1.82) is 0 Å². The number of nitrogens with one attached hydrogen (secondary N) is 1. The van der Waals surface area contributed by atoms with Crippen LogP contribution in [0.3, 0.4) is 0 Å². The lowest BCUT2D eigenvalue weighted by atomic mass is 10.1. The number of halogens is 3. The predicted molar refractivity (Wildman–Crippen MR) is 80.5 cm³/mol. The number of hydrogen-bond acceptors (Lipinski definition) is 2. The van der Waals surface area contributed by atoms with Gasteiger partial charge in [-0.2, -0.15) is 13.2 Å². The summed E-state index contributed by atoms with van der Waals surface area (Å²) >= 11 is 0. The number of aliphatic carboxylic acids is 1. The first-order valence-corrected chi connectivity index (χ1v) is 7.66. The van der Waals surface area contributed by atoms with Crippen LogP contribution in [0.4, 0.5) is 18.0 Å². The van der Waals surface area contributed by atoms with Gasteiger partial charge in [-0.25, -0.2) is 4.79 Å². The van der Waals surface area contributed by atoms with Gasteiger partial charge in [-0.15, -0.1) is 0 Å². The molecule has 1 aromatic rings. The highest BCUT2D eigenvalue weighted by Crippen LogP contribution is 2.25. The van der Waals surface area contributed by atoms with Gasteiger partial charge >= 0.3 is 18.2 Å². The number of aryl methyl sites for hydroxylation is 1. The first-order chi connectivity index (χ1) is 11.3. The highest BCUT2D eigenvalue weighted by molar-refractivity contribution is 5.77. The molecule has 2 N–H and O–H groups in total. The quantitative estimate of drug-likeness (QED) is 0.863. The Morgan fingerprint density at radius 1 is 1.29 bits per heavy atom. The maximum atomic E-state index is 13.1. The molecule has 0 radical (unpaired) electrons. The number of rotatable bonds is 5. The smallest absolute Gasteiger partial charge is 0.408 e. The van der Waals surface area contributed by atoms with Crippen molar-refractivity contribution in [2.45, 2.75) is 31.5 Å². The summed E-state index contributed by atoms with van der Waals surface area (Å²) in [5.41, 5.74) is 0.758. The van der Waals surface area contributed by atoms with Gasteiger partial charge in [0.25, 0.3) is 0 Å². The van der Waals surface area contributed by atoms with Crippen molar-refractivity contribution in [3.8, 4) is 0 Å². The Morgan fingerprint density at radius 3 is 2.50 bits per heavy atom. The largest absolute Gasteiger partial charge is 0.481 e. The van der Waals surface area contributed by atoms with E-state index in [2.05, 4.69) is 0 Å². The zero-order valence-corrected chi connectivity index (χ0v) is 12.9. The zero-order valence-electron chi connectivity index (χ0n) is 12.9. The van der Waals surface area contributed by atoms with E-state index in [0.717, 1.165) is 10.5 Å². The molecule has 1 heterocycles. The number of amides is 2. The van der Waals surface area contributed by atoms with Crippen molar-refractivity contribution in [3.05, 3.63) is 35.9 Å². The highest BCUT2D eigenvalue weighted by atomic mass is 19.4. The van der Waals surface area contributed by atoms with E-state index in [-0.39, 0.29) is 32.4 Å². The summed E-state index contributed by atoms with van der Waals surface area (Å²) in [7, 11) is 0. The Balaban J connectivity index is 1.94. The minimum Gasteiger partial charge on any atom is -0.481 e. The minimum absolute atomic E-state index is 0.0651. The van der Waals surface area contributed by atoms with Crippen molar-refractivity contribution in [3.63, 3.8) is 0 Å². The number of urea groups is 1. The van der Waals surface area contributed by atoms with Crippen LogP contribution in [0.1, 0.15) is 18.4 Å². The fraction of sp³-hybridized carbons (Fsp3) is 0.500. The maximum absolute atomic E-state index is 13.1. The molecule has 132 valence electrons. The number of hydrogen-bond donors (Lipinski definition) is 2. The number of nitrogens with zero attached hydrogens (tertiary/aromatic N) is 1. The van der Waals surface area contributed by atoms with E-state index >= 15 is 0 Å². The van der Waals surface area contributed by atoms with Gasteiger partial charge in [-0.3, -0.25) is 4.79 Å². The molecular weight excluding hydrogens is 325 g/mol. The normalized spacial score (nSPS) is 19.1. The molecule has 0 bridgehead atoms. The number of carboxylic acid groups (broad SMARTS) is 1. The van der Waals surface area contributed by atoms with Crippen LogP contribution in [-0.4, -0.2) is 47.3 Å². The van der Waals surface area contributed by atoms with Crippen molar-refractivity contribution in [2.75, 3.05) is 13.1 Å². The molecule has 2 atom stereocenters. The van der Waals surface area contributed by atoms with Crippen LogP contribution in [-0.2, 0) is 11.2 Å². The van der Waals surface area contributed by atoms with Gasteiger partial charge in [-0.1, -0.05) is 30.3 Å². The minimum atomic E-state index is -4.56. The van der Waals surface area contributed by atoms with Crippen LogP contribution in [0.5, 0.6) is 0 Å². The van der Waals surface area contributed by atoms with Crippen LogP contribution in [0.25, 0.3) is 0 Å². The van der Waals surface area contributed by atoms with Gasteiger partial charge in [0.2, 0.25) is 0 Å². The second-order valence-electron chi connectivity index (χ2n) is 5.84. The topological polar surface area (TPSA) is 69.6 Å². The first kappa shape index (κ1) is 18.1. The van der Waals surface area contributed by atoms with Crippen LogP contribution in [0.15, 0.2) is 30.3 Å². The van der Waals surface area contributed by atoms with Crippen LogP contribution in [0.2, 0.25) is 0 Å². The average Bonchev–Trinajstić information content (AvgIpc) is 3.01. The number of alkyl halides is 3. The number of carbonyl (C=O) groups is 2. The molecule has 0 aromatic heterocycles. The van der Waals surface area contributed by atoms with Crippen molar-refractivity contribution in [1.82, 2.24) is 10.2 Å². The summed E-state index contributed by atoms with van der Waals surface area (Å²) < 4.78 is 39.4. The Labute approximate surface area is 137 Å². The van der Waals surface area contributed by atoms with E-state index < -0.39 is 30.1 Å². The third kappa shape index (κ3) is 4.87. The summed E-state index contributed by atoms with van der Waals surface area (Å²) in [5.74, 6) is -1.76. The molecule has 5 nitrogen and oxygen atoms in total. The lowest BCUT2D eigenvalue weighted by molar-refractivity contribution is -0.155. The molecule has 2 rings (SSSR count). The van der Waals surface area contributed by atoms with Crippen molar-refractivity contribution in [2.24, 2.45) is 5.92 Å². The van der Waals surface area contributed by atoms with E-state index in [0.29, 0.717) is 0 Å². The Morgan fingerprint density at radius 2 is 1.96 bits per heavy atom. The molecule has 24 heavy (non-hydrogen) atoms. The van der Waals surface area contributed by atoms with Crippen molar-refractivity contribution >= 4 is 12.0 Å². The van der Waals surface area contributed by atoms with E-state index in [1.165, 1.54) is 0 Å². The second kappa shape index (κ2) is 7.55. The molecule has 0 aliphatic carbocycles. The third-order valence-corrected chi connectivity index (χ3v) is 4.08. The summed E-state index contributed by atoms with van der Waals surface area (Å²) in [5, 5.41) is 10.9. The standard InChI is InChI=1S/C16H19F3N2O3/c17-16(18,19)13(7-6-11-4-2-1-3-5-11)20-15(24)21-9-8-12(10-21)14(22)23/h1-5,12-13H,6-10H2,(H,20,24)(H,22,23). The molecule has 0 spiro atoms. The molecule has 1 fully saturated rings. The molecule has 1 saturated heterocycles. The summed E-state index contributed by atoms with van der Waals surface area (Å²) in [6.07, 6.45) is -4.39. The van der Waals surface area contributed by atoms with E-state index in [4.69, 9.17) is 5.11 Å². The summed E-state index contributed by atoms with van der Waals surface area (Å²) in [4.78, 5) is 24.0. The fourth-order valence-electron chi connectivity index (χ4n) is 2.66. The maximum Gasteiger partial charge on any atom is 0.408 e. The summed E-state index contributed by atoms with van der Waals surface area (Å²) in [6, 6.07) is 5.89. The van der Waals surface area contributed by atoms with Gasteiger partial charge in [0.1, 0.15) is 6.04 Å². The average molecular weight is 344 g/mol. The number of carboxylic acids is 1. The molecule has 0 saturated carbocycles. The lowest BCUT2D eigenvalue weighted by Gasteiger charge is -2.25. The van der Waals surface area contributed by atoms with Gasteiger partial charge in [-0.05, 0) is 24.8 Å². The molecule has 1 aliphatic heterocycles. The van der Waals surface area contributed by atoms with Gasteiger partial charge in [0, 0.05) is 13.1 Å². The van der Waals surface area contributed by atoms with E-state index in [9.17, 15) is 22.8 Å². The Bertz CT molecular complexity index is 578. The highest BCUT2D eigenvalue weighted by Gasteiger charge is 2.41. The zero-order chi connectivity index (χ0) is 17.7. The van der Waals surface area contributed by atoms with Crippen molar-refractivity contribution < 1.29 is 27.9 Å². The van der Waals surface area contributed by atoms with Gasteiger partial charge < -0.3 is 15.3 Å². The van der Waals surface area contributed by atoms with Crippen LogP contribution >= 0.6 is 0 Å². The molecule has 1 aromatic carbocycles. The Hall–Kier alpha value is -2.25. The monoisotopic (exact) mass is 344 g/mol. The van der Waals surface area contributed by atoms with Gasteiger partial charge in [0.15, 0.2) is 0 Å². The predicted octanol–water partition coefficient (Wildman–Crippen LogP) is 2.67.